The zero-order chi connectivity index (χ0) is 12.4. The first-order valence-electron chi connectivity index (χ1n) is 6.30. The number of aromatic nitrogens is 3. The summed E-state index contributed by atoms with van der Waals surface area (Å²) in [4.78, 5) is 8.50. The SMILES string of the molecule is CN[C@H]1CCC[C@@H]1c1nc(-c2ccncc2)no1. The van der Waals surface area contributed by atoms with Gasteiger partial charge < -0.3 is 9.84 Å². The Balaban J connectivity index is 1.86. The van der Waals surface area contributed by atoms with Gasteiger partial charge in [0.15, 0.2) is 0 Å². The third-order valence-electron chi connectivity index (χ3n) is 3.58. The summed E-state index contributed by atoms with van der Waals surface area (Å²) in [5.74, 6) is 1.74. The third-order valence-corrected chi connectivity index (χ3v) is 3.58. The van der Waals surface area contributed by atoms with E-state index in [-0.39, 0.29) is 0 Å². The van der Waals surface area contributed by atoms with E-state index in [4.69, 9.17) is 4.52 Å². The summed E-state index contributed by atoms with van der Waals surface area (Å²) in [6, 6.07) is 4.23. The van der Waals surface area contributed by atoms with Gasteiger partial charge in [-0.05, 0) is 32.0 Å². The van der Waals surface area contributed by atoms with Gasteiger partial charge in [-0.3, -0.25) is 4.98 Å². The van der Waals surface area contributed by atoms with Gasteiger partial charge in [-0.15, -0.1) is 0 Å². The molecular weight excluding hydrogens is 228 g/mol. The fourth-order valence-corrected chi connectivity index (χ4v) is 2.61. The fourth-order valence-electron chi connectivity index (χ4n) is 2.61. The molecular formula is C13H16N4O. The van der Waals surface area contributed by atoms with Crippen LogP contribution in [0.25, 0.3) is 11.4 Å². The Labute approximate surface area is 106 Å². The van der Waals surface area contributed by atoms with Crippen LogP contribution in [0.15, 0.2) is 29.0 Å². The van der Waals surface area contributed by atoms with Crippen molar-refractivity contribution in [3.05, 3.63) is 30.4 Å². The molecule has 2 atom stereocenters. The average Bonchev–Trinajstić information content (AvgIpc) is 3.08. The van der Waals surface area contributed by atoms with Gasteiger partial charge in [0.25, 0.3) is 0 Å². The van der Waals surface area contributed by atoms with Crippen molar-refractivity contribution in [2.75, 3.05) is 7.05 Å². The maximum Gasteiger partial charge on any atom is 0.231 e. The highest BCUT2D eigenvalue weighted by atomic mass is 16.5. The quantitative estimate of drug-likeness (QED) is 0.894. The predicted molar refractivity (Wildman–Crippen MR) is 67.0 cm³/mol. The molecule has 1 aliphatic carbocycles. The van der Waals surface area contributed by atoms with Crippen molar-refractivity contribution in [2.24, 2.45) is 0 Å². The summed E-state index contributed by atoms with van der Waals surface area (Å²) in [5, 5.41) is 7.38. The molecule has 18 heavy (non-hydrogen) atoms. The standard InChI is InChI=1S/C13H16N4O/c1-14-11-4-2-3-10(11)13-16-12(17-18-13)9-5-7-15-8-6-9/h5-8,10-11,14H,2-4H2,1H3/t10-,11-/m0/s1. The molecule has 1 aliphatic rings. The molecule has 0 bridgehead atoms. The van der Waals surface area contributed by atoms with Gasteiger partial charge in [0, 0.05) is 24.0 Å². The predicted octanol–water partition coefficient (Wildman–Crippen LogP) is 1.99. The molecule has 94 valence electrons. The molecule has 5 heteroatoms. The normalized spacial score (nSPS) is 23.4. The number of hydrogen-bond donors (Lipinski definition) is 1. The van der Waals surface area contributed by atoms with E-state index in [0.717, 1.165) is 17.9 Å². The zero-order valence-electron chi connectivity index (χ0n) is 10.3. The first-order valence-corrected chi connectivity index (χ1v) is 6.30. The molecule has 0 spiro atoms. The van der Waals surface area contributed by atoms with Gasteiger partial charge in [-0.1, -0.05) is 11.6 Å². The molecule has 0 radical (unpaired) electrons. The van der Waals surface area contributed by atoms with Crippen LogP contribution in [0.5, 0.6) is 0 Å². The van der Waals surface area contributed by atoms with Crippen molar-refractivity contribution in [3.8, 4) is 11.4 Å². The highest BCUT2D eigenvalue weighted by Crippen LogP contribution is 2.34. The van der Waals surface area contributed by atoms with Crippen LogP contribution in [0.1, 0.15) is 31.1 Å². The molecule has 1 fully saturated rings. The van der Waals surface area contributed by atoms with Crippen LogP contribution >= 0.6 is 0 Å². The Morgan fingerprint density at radius 1 is 1.28 bits per heavy atom. The van der Waals surface area contributed by atoms with E-state index in [1.165, 1.54) is 12.8 Å². The molecule has 0 unspecified atom stereocenters. The van der Waals surface area contributed by atoms with E-state index in [2.05, 4.69) is 20.4 Å². The first kappa shape index (κ1) is 11.3. The van der Waals surface area contributed by atoms with Crippen molar-refractivity contribution < 1.29 is 4.52 Å². The molecule has 2 aromatic rings. The van der Waals surface area contributed by atoms with Crippen LogP contribution in [-0.4, -0.2) is 28.2 Å². The molecule has 5 nitrogen and oxygen atoms in total. The second-order valence-corrected chi connectivity index (χ2v) is 4.62. The van der Waals surface area contributed by atoms with Crippen LogP contribution in [0.3, 0.4) is 0 Å². The van der Waals surface area contributed by atoms with Gasteiger partial charge in [-0.25, -0.2) is 0 Å². The highest BCUT2D eigenvalue weighted by Gasteiger charge is 2.31. The summed E-state index contributed by atoms with van der Waals surface area (Å²) in [6.45, 7) is 0. The van der Waals surface area contributed by atoms with E-state index >= 15 is 0 Å². The van der Waals surface area contributed by atoms with Crippen molar-refractivity contribution in [2.45, 2.75) is 31.2 Å². The highest BCUT2D eigenvalue weighted by molar-refractivity contribution is 5.52. The van der Waals surface area contributed by atoms with Crippen LogP contribution in [0, 0.1) is 0 Å². The van der Waals surface area contributed by atoms with E-state index in [1.807, 2.05) is 19.2 Å². The van der Waals surface area contributed by atoms with Crippen LogP contribution < -0.4 is 5.32 Å². The van der Waals surface area contributed by atoms with Crippen LogP contribution in [-0.2, 0) is 0 Å². The number of rotatable bonds is 3. The Morgan fingerprint density at radius 3 is 2.89 bits per heavy atom. The van der Waals surface area contributed by atoms with Crippen molar-refractivity contribution >= 4 is 0 Å². The number of hydrogen-bond acceptors (Lipinski definition) is 5. The summed E-state index contributed by atoms with van der Waals surface area (Å²) >= 11 is 0. The number of nitrogens with one attached hydrogen (secondary N) is 1. The van der Waals surface area contributed by atoms with Crippen molar-refractivity contribution in [3.63, 3.8) is 0 Å². The molecule has 0 saturated heterocycles. The van der Waals surface area contributed by atoms with Gasteiger partial charge in [-0.2, -0.15) is 4.98 Å². The molecule has 1 saturated carbocycles. The Hall–Kier alpha value is -1.75. The Bertz CT molecular complexity index is 511. The van der Waals surface area contributed by atoms with Gasteiger partial charge in [0.1, 0.15) is 0 Å². The monoisotopic (exact) mass is 244 g/mol. The van der Waals surface area contributed by atoms with E-state index in [0.29, 0.717) is 17.8 Å². The van der Waals surface area contributed by atoms with Crippen molar-refractivity contribution in [1.82, 2.24) is 20.4 Å². The van der Waals surface area contributed by atoms with E-state index in [1.54, 1.807) is 12.4 Å². The Morgan fingerprint density at radius 2 is 2.11 bits per heavy atom. The van der Waals surface area contributed by atoms with Gasteiger partial charge >= 0.3 is 0 Å². The maximum atomic E-state index is 5.41. The zero-order valence-corrected chi connectivity index (χ0v) is 10.3. The molecule has 2 aromatic heterocycles. The molecule has 0 aliphatic heterocycles. The summed E-state index contributed by atoms with van der Waals surface area (Å²) in [6.07, 6.45) is 6.97. The molecule has 3 rings (SSSR count). The fraction of sp³-hybridized carbons (Fsp3) is 0.462. The lowest BCUT2D eigenvalue weighted by Gasteiger charge is -2.14. The second-order valence-electron chi connectivity index (χ2n) is 4.62. The van der Waals surface area contributed by atoms with E-state index in [9.17, 15) is 0 Å². The topological polar surface area (TPSA) is 63.8 Å². The summed E-state index contributed by atoms with van der Waals surface area (Å²) in [5.41, 5.74) is 0.944. The second kappa shape index (κ2) is 4.86. The summed E-state index contributed by atoms with van der Waals surface area (Å²) in [7, 11) is 1.99. The smallest absolute Gasteiger partial charge is 0.231 e. The minimum absolute atomic E-state index is 0.345. The van der Waals surface area contributed by atoms with Crippen LogP contribution in [0.2, 0.25) is 0 Å². The van der Waals surface area contributed by atoms with Gasteiger partial charge in [0.05, 0.1) is 5.92 Å². The lowest BCUT2D eigenvalue weighted by atomic mass is 10.0. The average molecular weight is 244 g/mol. The summed E-state index contributed by atoms with van der Waals surface area (Å²) < 4.78 is 5.41. The third kappa shape index (κ3) is 2.01. The lowest BCUT2D eigenvalue weighted by molar-refractivity contribution is 0.335. The van der Waals surface area contributed by atoms with E-state index < -0.39 is 0 Å². The van der Waals surface area contributed by atoms with Crippen molar-refractivity contribution in [1.29, 1.82) is 0 Å². The lowest BCUT2D eigenvalue weighted by Crippen LogP contribution is -2.27. The minimum Gasteiger partial charge on any atom is -0.339 e. The molecule has 1 N–H and O–H groups in total. The number of pyridine rings is 1. The van der Waals surface area contributed by atoms with Gasteiger partial charge in [0.2, 0.25) is 11.7 Å². The number of likely N-dealkylation sites (N-methyl/N-ethyl adjacent to an activating group) is 1. The molecule has 2 heterocycles. The first-order chi connectivity index (χ1) is 8.88. The molecule has 0 amide bonds. The minimum atomic E-state index is 0.345. The maximum absolute atomic E-state index is 5.41. The number of nitrogens with zero attached hydrogens (tertiary/aromatic N) is 3. The Kier molecular flexibility index (Phi) is 3.06. The molecule has 0 aromatic carbocycles. The van der Waals surface area contributed by atoms with Crippen LogP contribution in [0.4, 0.5) is 0 Å². The largest absolute Gasteiger partial charge is 0.339 e.